The van der Waals surface area contributed by atoms with Gasteiger partial charge in [-0.15, -0.1) is 24.0 Å². The number of benzene rings is 1. The van der Waals surface area contributed by atoms with E-state index in [0.717, 1.165) is 31.9 Å². The number of nitrogens with zero attached hydrogens (tertiary/aromatic N) is 3. The second-order valence-corrected chi connectivity index (χ2v) is 6.96. The lowest BCUT2D eigenvalue weighted by Crippen LogP contribution is -2.45. The zero-order chi connectivity index (χ0) is 17.9. The fourth-order valence-electron chi connectivity index (χ4n) is 3.64. The summed E-state index contributed by atoms with van der Waals surface area (Å²) in [4.78, 5) is 10.5. The Labute approximate surface area is 176 Å². The summed E-state index contributed by atoms with van der Waals surface area (Å²) >= 11 is 0. The third-order valence-electron chi connectivity index (χ3n) is 5.13. The van der Waals surface area contributed by atoms with Crippen molar-refractivity contribution in [2.45, 2.75) is 30.8 Å². The van der Waals surface area contributed by atoms with Crippen molar-refractivity contribution in [1.29, 1.82) is 0 Å². The van der Waals surface area contributed by atoms with Crippen molar-refractivity contribution < 1.29 is 4.39 Å². The molecule has 1 aromatic heterocycles. The van der Waals surface area contributed by atoms with E-state index in [-0.39, 0.29) is 35.8 Å². The van der Waals surface area contributed by atoms with Gasteiger partial charge in [-0.05, 0) is 30.5 Å². The highest BCUT2D eigenvalue weighted by molar-refractivity contribution is 14.0. The summed E-state index contributed by atoms with van der Waals surface area (Å²) in [6.45, 7) is 1.51. The van der Waals surface area contributed by atoms with Gasteiger partial charge in [0.05, 0.1) is 0 Å². The molecule has 144 valence electrons. The van der Waals surface area contributed by atoms with Crippen LogP contribution in [-0.4, -0.2) is 43.2 Å². The maximum Gasteiger partial charge on any atom is 0.191 e. The molecule has 0 amide bonds. The predicted molar refractivity (Wildman–Crippen MR) is 117 cm³/mol. The van der Waals surface area contributed by atoms with Crippen LogP contribution in [0.3, 0.4) is 0 Å². The Balaban J connectivity index is 0.00000210. The third kappa shape index (κ3) is 4.69. The topological polar surface area (TPSA) is 52.6 Å². The highest BCUT2D eigenvalue weighted by Gasteiger charge is 2.39. The highest BCUT2D eigenvalue weighted by Crippen LogP contribution is 2.40. The van der Waals surface area contributed by atoms with Crippen molar-refractivity contribution in [2.24, 2.45) is 4.99 Å². The van der Waals surface area contributed by atoms with Crippen LogP contribution in [0.5, 0.6) is 0 Å². The van der Waals surface area contributed by atoms with Crippen LogP contribution < -0.4 is 15.5 Å². The summed E-state index contributed by atoms with van der Waals surface area (Å²) in [5.41, 5.74) is 1.37. The van der Waals surface area contributed by atoms with Gasteiger partial charge in [-0.25, -0.2) is 9.37 Å². The minimum atomic E-state index is -0.264. The van der Waals surface area contributed by atoms with Crippen molar-refractivity contribution >= 4 is 35.8 Å². The van der Waals surface area contributed by atoms with Gasteiger partial charge in [0.25, 0.3) is 0 Å². The SMILES string of the molecule is CN=C(NC1CCN(c2ncccc2F)C1)NC1CC1c1ccccc1.I. The Morgan fingerprint density at radius 1 is 1.19 bits per heavy atom. The lowest BCUT2D eigenvalue weighted by Gasteiger charge is -2.20. The predicted octanol–water partition coefficient (Wildman–Crippen LogP) is 3.14. The van der Waals surface area contributed by atoms with Gasteiger partial charge >= 0.3 is 0 Å². The molecule has 1 saturated heterocycles. The lowest BCUT2D eigenvalue weighted by molar-refractivity contribution is 0.612. The molecule has 2 aliphatic rings. The van der Waals surface area contributed by atoms with Gasteiger partial charge in [-0.3, -0.25) is 4.99 Å². The molecule has 2 fully saturated rings. The number of hydrogen-bond acceptors (Lipinski definition) is 3. The Morgan fingerprint density at radius 2 is 2.00 bits per heavy atom. The van der Waals surface area contributed by atoms with Crippen LogP contribution in [0.4, 0.5) is 10.2 Å². The van der Waals surface area contributed by atoms with Crippen molar-refractivity contribution in [3.8, 4) is 0 Å². The number of hydrogen-bond donors (Lipinski definition) is 2. The van der Waals surface area contributed by atoms with E-state index in [9.17, 15) is 4.39 Å². The molecule has 1 saturated carbocycles. The van der Waals surface area contributed by atoms with Crippen LogP contribution in [0, 0.1) is 5.82 Å². The van der Waals surface area contributed by atoms with Crippen LogP contribution in [-0.2, 0) is 0 Å². The average molecular weight is 481 g/mol. The molecular weight excluding hydrogens is 456 g/mol. The minimum absolute atomic E-state index is 0. The summed E-state index contributed by atoms with van der Waals surface area (Å²) in [7, 11) is 1.79. The van der Waals surface area contributed by atoms with Crippen molar-refractivity contribution in [2.75, 3.05) is 25.0 Å². The second kappa shape index (κ2) is 8.86. The second-order valence-electron chi connectivity index (χ2n) is 6.96. The van der Waals surface area contributed by atoms with E-state index in [2.05, 4.69) is 44.9 Å². The molecule has 0 bridgehead atoms. The van der Waals surface area contributed by atoms with Gasteiger partial charge < -0.3 is 15.5 Å². The molecule has 0 radical (unpaired) electrons. The number of aromatic nitrogens is 1. The molecule has 4 rings (SSSR count). The van der Waals surface area contributed by atoms with E-state index >= 15 is 0 Å². The number of nitrogens with one attached hydrogen (secondary N) is 2. The summed E-state index contributed by atoms with van der Waals surface area (Å²) in [5.74, 6) is 1.55. The van der Waals surface area contributed by atoms with Gasteiger partial charge in [-0.2, -0.15) is 0 Å². The largest absolute Gasteiger partial charge is 0.353 e. The fourth-order valence-corrected chi connectivity index (χ4v) is 3.64. The Morgan fingerprint density at radius 3 is 2.74 bits per heavy atom. The minimum Gasteiger partial charge on any atom is -0.353 e. The molecule has 1 aliphatic carbocycles. The summed E-state index contributed by atoms with van der Waals surface area (Å²) < 4.78 is 13.9. The standard InChI is InChI=1S/C20H24FN5.HI/c1-22-20(25-18-12-16(18)14-6-3-2-4-7-14)24-15-9-11-26(13-15)19-17(21)8-5-10-23-19;/h2-8,10,15-16,18H,9,11-13H2,1H3,(H2,22,24,25);1H. The Hall–Kier alpha value is -1.90. The normalized spacial score (nSPS) is 24.3. The lowest BCUT2D eigenvalue weighted by atomic mass is 10.1. The van der Waals surface area contributed by atoms with E-state index in [0.29, 0.717) is 17.8 Å². The Bertz CT molecular complexity index is 785. The number of anilines is 1. The van der Waals surface area contributed by atoms with Gasteiger partial charge in [0.2, 0.25) is 0 Å². The van der Waals surface area contributed by atoms with Crippen LogP contribution in [0.2, 0.25) is 0 Å². The quantitative estimate of drug-likeness (QED) is 0.401. The zero-order valence-corrected chi connectivity index (χ0v) is 17.6. The van der Waals surface area contributed by atoms with Crippen LogP contribution in [0.1, 0.15) is 24.3 Å². The maximum atomic E-state index is 13.9. The summed E-state index contributed by atoms with van der Waals surface area (Å²) in [5, 5.41) is 6.99. The third-order valence-corrected chi connectivity index (χ3v) is 5.13. The van der Waals surface area contributed by atoms with Gasteiger partial charge in [-0.1, -0.05) is 30.3 Å². The van der Waals surface area contributed by atoms with Gasteiger partial charge in [0, 0.05) is 44.3 Å². The first-order chi connectivity index (χ1) is 12.7. The van der Waals surface area contributed by atoms with Crippen molar-refractivity contribution in [1.82, 2.24) is 15.6 Å². The molecule has 3 unspecified atom stereocenters. The molecule has 2 heterocycles. The average Bonchev–Trinajstić information content (AvgIpc) is 3.29. The van der Waals surface area contributed by atoms with E-state index in [1.54, 1.807) is 19.3 Å². The molecule has 1 aromatic carbocycles. The fraction of sp³-hybridized carbons (Fsp3) is 0.400. The first-order valence-corrected chi connectivity index (χ1v) is 9.15. The smallest absolute Gasteiger partial charge is 0.191 e. The molecule has 5 nitrogen and oxygen atoms in total. The molecule has 1 aliphatic heterocycles. The molecular formula is C20H25FIN5. The number of rotatable bonds is 4. The monoisotopic (exact) mass is 481 g/mol. The van der Waals surface area contributed by atoms with E-state index < -0.39 is 0 Å². The molecule has 2 aromatic rings. The van der Waals surface area contributed by atoms with E-state index in [1.165, 1.54) is 11.6 Å². The molecule has 27 heavy (non-hydrogen) atoms. The van der Waals surface area contributed by atoms with Crippen LogP contribution in [0.25, 0.3) is 0 Å². The van der Waals surface area contributed by atoms with Crippen LogP contribution in [0.15, 0.2) is 53.7 Å². The highest BCUT2D eigenvalue weighted by atomic mass is 127. The number of guanidine groups is 1. The van der Waals surface area contributed by atoms with E-state index in [4.69, 9.17) is 0 Å². The number of aliphatic imine (C=N–C) groups is 1. The number of halogens is 2. The van der Waals surface area contributed by atoms with Crippen molar-refractivity contribution in [3.63, 3.8) is 0 Å². The molecule has 7 heteroatoms. The van der Waals surface area contributed by atoms with Gasteiger partial charge in [0.15, 0.2) is 17.6 Å². The zero-order valence-electron chi connectivity index (χ0n) is 15.3. The molecule has 2 N–H and O–H groups in total. The first-order valence-electron chi connectivity index (χ1n) is 9.15. The first kappa shape index (κ1) is 19.9. The summed E-state index contributed by atoms with van der Waals surface area (Å²) in [6.07, 6.45) is 3.70. The van der Waals surface area contributed by atoms with Gasteiger partial charge in [0.1, 0.15) is 0 Å². The van der Waals surface area contributed by atoms with Crippen LogP contribution >= 0.6 is 24.0 Å². The van der Waals surface area contributed by atoms with Crippen molar-refractivity contribution in [3.05, 3.63) is 60.0 Å². The summed E-state index contributed by atoms with van der Waals surface area (Å²) in [6, 6.07) is 14.3. The molecule has 3 atom stereocenters. The molecule has 0 spiro atoms. The Kier molecular flexibility index (Phi) is 6.51. The number of pyridine rings is 1. The van der Waals surface area contributed by atoms with E-state index in [1.807, 2.05) is 11.0 Å². The maximum absolute atomic E-state index is 13.9.